The van der Waals surface area contributed by atoms with Crippen LogP contribution in [-0.4, -0.2) is 22.6 Å². The first-order valence-electron chi connectivity index (χ1n) is 7.66. The summed E-state index contributed by atoms with van der Waals surface area (Å²) in [5.41, 5.74) is 2.26. The number of benzene rings is 2. The van der Waals surface area contributed by atoms with Gasteiger partial charge in [0.15, 0.2) is 5.82 Å². The SMILES string of the molecule is Cc1noc(-c2ccc(C(=O)NCCc3ccc(Cl)cc3Cl)cc2)n1. The molecule has 0 unspecified atom stereocenters. The summed E-state index contributed by atoms with van der Waals surface area (Å²) in [5, 5.41) is 7.81. The number of halogens is 2. The van der Waals surface area contributed by atoms with Gasteiger partial charge in [-0.2, -0.15) is 4.98 Å². The van der Waals surface area contributed by atoms with Crippen LogP contribution in [0.4, 0.5) is 0 Å². The molecule has 0 atom stereocenters. The Hall–Kier alpha value is -2.37. The highest BCUT2D eigenvalue weighted by Crippen LogP contribution is 2.21. The molecule has 5 nitrogen and oxygen atoms in total. The minimum atomic E-state index is -0.154. The summed E-state index contributed by atoms with van der Waals surface area (Å²) in [7, 11) is 0. The van der Waals surface area contributed by atoms with Crippen LogP contribution in [0.1, 0.15) is 21.7 Å². The van der Waals surface area contributed by atoms with Crippen molar-refractivity contribution >= 4 is 29.1 Å². The van der Waals surface area contributed by atoms with Gasteiger partial charge in [-0.1, -0.05) is 34.4 Å². The van der Waals surface area contributed by atoms with Gasteiger partial charge in [0.1, 0.15) is 0 Å². The number of hydrogen-bond donors (Lipinski definition) is 1. The number of rotatable bonds is 5. The molecule has 2 aromatic carbocycles. The zero-order valence-electron chi connectivity index (χ0n) is 13.4. The number of aromatic nitrogens is 2. The van der Waals surface area contributed by atoms with E-state index in [0.717, 1.165) is 11.1 Å². The number of aryl methyl sites for hydroxylation is 1. The van der Waals surface area contributed by atoms with Gasteiger partial charge in [0.05, 0.1) is 0 Å². The minimum absolute atomic E-state index is 0.154. The van der Waals surface area contributed by atoms with Gasteiger partial charge in [0, 0.05) is 27.7 Å². The maximum Gasteiger partial charge on any atom is 0.257 e. The zero-order valence-corrected chi connectivity index (χ0v) is 14.9. The molecule has 0 saturated carbocycles. The van der Waals surface area contributed by atoms with Crippen molar-refractivity contribution in [3.63, 3.8) is 0 Å². The van der Waals surface area contributed by atoms with Crippen LogP contribution in [0.25, 0.3) is 11.5 Å². The van der Waals surface area contributed by atoms with Gasteiger partial charge in [-0.15, -0.1) is 0 Å². The molecule has 0 fully saturated rings. The maximum absolute atomic E-state index is 12.2. The third-order valence-corrected chi connectivity index (χ3v) is 4.20. The summed E-state index contributed by atoms with van der Waals surface area (Å²) < 4.78 is 5.10. The highest BCUT2D eigenvalue weighted by Gasteiger charge is 2.09. The van der Waals surface area contributed by atoms with Crippen molar-refractivity contribution in [1.29, 1.82) is 0 Å². The molecule has 128 valence electrons. The average molecular weight is 376 g/mol. The molecule has 0 aliphatic heterocycles. The van der Waals surface area contributed by atoms with Crippen molar-refractivity contribution in [3.8, 4) is 11.5 Å². The summed E-state index contributed by atoms with van der Waals surface area (Å²) in [4.78, 5) is 16.4. The highest BCUT2D eigenvalue weighted by atomic mass is 35.5. The number of nitrogens with zero attached hydrogens (tertiary/aromatic N) is 2. The van der Waals surface area contributed by atoms with Crippen LogP contribution in [0.5, 0.6) is 0 Å². The summed E-state index contributed by atoms with van der Waals surface area (Å²) in [6, 6.07) is 12.3. The van der Waals surface area contributed by atoms with Crippen LogP contribution < -0.4 is 5.32 Å². The van der Waals surface area contributed by atoms with Gasteiger partial charge in [0.25, 0.3) is 11.8 Å². The fourth-order valence-corrected chi connectivity index (χ4v) is 2.82. The van der Waals surface area contributed by atoms with E-state index < -0.39 is 0 Å². The minimum Gasteiger partial charge on any atom is -0.352 e. The Morgan fingerprint density at radius 2 is 1.92 bits per heavy atom. The normalized spacial score (nSPS) is 10.7. The van der Waals surface area contributed by atoms with Gasteiger partial charge in [-0.25, -0.2) is 0 Å². The summed E-state index contributed by atoms with van der Waals surface area (Å²) >= 11 is 12.0. The summed E-state index contributed by atoms with van der Waals surface area (Å²) in [6.07, 6.45) is 0.626. The van der Waals surface area contributed by atoms with Crippen molar-refractivity contribution in [2.24, 2.45) is 0 Å². The predicted molar refractivity (Wildman–Crippen MR) is 97.0 cm³/mol. The van der Waals surface area contributed by atoms with E-state index in [0.29, 0.717) is 40.3 Å². The first kappa shape index (κ1) is 17.5. The van der Waals surface area contributed by atoms with Gasteiger partial charge < -0.3 is 9.84 Å². The number of carbonyl (C=O) groups excluding carboxylic acids is 1. The van der Waals surface area contributed by atoms with Crippen molar-refractivity contribution in [2.75, 3.05) is 6.54 Å². The summed E-state index contributed by atoms with van der Waals surface area (Å²) in [6.45, 7) is 2.23. The molecular weight excluding hydrogens is 361 g/mol. The first-order chi connectivity index (χ1) is 12.0. The van der Waals surface area contributed by atoms with E-state index in [4.69, 9.17) is 27.7 Å². The Labute approximate surface area is 155 Å². The predicted octanol–water partition coefficient (Wildman–Crippen LogP) is 4.32. The molecule has 1 amide bonds. The van der Waals surface area contributed by atoms with E-state index in [1.54, 1.807) is 43.3 Å². The van der Waals surface area contributed by atoms with Crippen LogP contribution in [0.15, 0.2) is 47.0 Å². The summed E-state index contributed by atoms with van der Waals surface area (Å²) in [5.74, 6) is 0.845. The molecule has 0 aliphatic carbocycles. The molecule has 0 spiro atoms. The Balaban J connectivity index is 1.58. The van der Waals surface area contributed by atoms with Crippen LogP contribution >= 0.6 is 23.2 Å². The Morgan fingerprint density at radius 1 is 1.16 bits per heavy atom. The standard InChI is InChI=1S/C18H15Cl2N3O2/c1-11-22-18(25-23-11)14-4-2-13(3-5-14)17(24)21-9-8-12-6-7-15(19)10-16(12)20/h2-7,10H,8-9H2,1H3,(H,21,24). The molecule has 0 saturated heterocycles. The lowest BCUT2D eigenvalue weighted by Gasteiger charge is -2.07. The quantitative estimate of drug-likeness (QED) is 0.720. The lowest BCUT2D eigenvalue weighted by Crippen LogP contribution is -2.25. The largest absolute Gasteiger partial charge is 0.352 e. The molecule has 3 rings (SSSR count). The van der Waals surface area contributed by atoms with E-state index in [1.807, 2.05) is 6.07 Å². The van der Waals surface area contributed by atoms with Crippen molar-refractivity contribution in [2.45, 2.75) is 13.3 Å². The van der Waals surface area contributed by atoms with Gasteiger partial charge in [0.2, 0.25) is 0 Å². The molecule has 0 bridgehead atoms. The van der Waals surface area contributed by atoms with E-state index in [9.17, 15) is 4.79 Å². The zero-order chi connectivity index (χ0) is 17.8. The van der Waals surface area contributed by atoms with Crippen molar-refractivity contribution in [1.82, 2.24) is 15.5 Å². The first-order valence-corrected chi connectivity index (χ1v) is 8.41. The molecular formula is C18H15Cl2N3O2. The van der Waals surface area contributed by atoms with Crippen LogP contribution in [-0.2, 0) is 6.42 Å². The Morgan fingerprint density at radius 3 is 2.56 bits per heavy atom. The third kappa shape index (κ3) is 4.38. The topological polar surface area (TPSA) is 68.0 Å². The molecule has 1 heterocycles. The molecule has 3 aromatic rings. The van der Waals surface area contributed by atoms with E-state index >= 15 is 0 Å². The maximum atomic E-state index is 12.2. The highest BCUT2D eigenvalue weighted by molar-refractivity contribution is 6.35. The van der Waals surface area contributed by atoms with Crippen LogP contribution in [0.2, 0.25) is 10.0 Å². The monoisotopic (exact) mass is 375 g/mol. The van der Waals surface area contributed by atoms with Crippen molar-refractivity contribution in [3.05, 3.63) is 69.5 Å². The number of amides is 1. The fourth-order valence-electron chi connectivity index (χ4n) is 2.32. The lowest BCUT2D eigenvalue weighted by molar-refractivity contribution is 0.0954. The van der Waals surface area contributed by atoms with E-state index in [-0.39, 0.29) is 5.91 Å². The third-order valence-electron chi connectivity index (χ3n) is 3.62. The average Bonchev–Trinajstić information content (AvgIpc) is 3.03. The van der Waals surface area contributed by atoms with Gasteiger partial charge >= 0.3 is 0 Å². The Kier molecular flexibility index (Phi) is 5.36. The molecule has 7 heteroatoms. The number of nitrogens with one attached hydrogen (secondary N) is 1. The Bertz CT molecular complexity index is 892. The van der Waals surface area contributed by atoms with Crippen LogP contribution in [0.3, 0.4) is 0 Å². The number of carbonyl (C=O) groups is 1. The smallest absolute Gasteiger partial charge is 0.257 e. The second-order valence-corrected chi connectivity index (χ2v) is 6.31. The molecule has 1 N–H and O–H groups in total. The molecule has 1 aromatic heterocycles. The molecule has 0 radical (unpaired) electrons. The lowest BCUT2D eigenvalue weighted by atomic mass is 10.1. The number of hydrogen-bond acceptors (Lipinski definition) is 4. The van der Waals surface area contributed by atoms with Gasteiger partial charge in [-0.05, 0) is 55.3 Å². The van der Waals surface area contributed by atoms with Gasteiger partial charge in [-0.3, -0.25) is 4.79 Å². The van der Waals surface area contributed by atoms with E-state index in [1.165, 1.54) is 0 Å². The van der Waals surface area contributed by atoms with E-state index in [2.05, 4.69) is 15.5 Å². The fraction of sp³-hybridized carbons (Fsp3) is 0.167. The molecule has 0 aliphatic rings. The second kappa shape index (κ2) is 7.68. The molecule has 25 heavy (non-hydrogen) atoms. The second-order valence-electron chi connectivity index (χ2n) is 5.47. The van der Waals surface area contributed by atoms with Crippen molar-refractivity contribution < 1.29 is 9.32 Å². The van der Waals surface area contributed by atoms with Crippen LogP contribution in [0, 0.1) is 6.92 Å².